The molecule has 0 atom stereocenters. The van der Waals surface area contributed by atoms with E-state index < -0.39 is 5.54 Å². The third-order valence-electron chi connectivity index (χ3n) is 4.26. The van der Waals surface area contributed by atoms with Crippen molar-refractivity contribution >= 4 is 28.7 Å². The van der Waals surface area contributed by atoms with Gasteiger partial charge in [0.05, 0.1) is 22.9 Å². The Morgan fingerprint density at radius 1 is 1.43 bits per heavy atom. The first-order valence-corrected chi connectivity index (χ1v) is 8.90. The number of nitrogens with zero attached hydrogens (tertiary/aromatic N) is 2. The molecule has 1 aromatic carbocycles. The molecular formula is C17H20N4OS. The number of benzene rings is 1. The molecule has 2 N–H and O–H groups in total. The maximum Gasteiger partial charge on any atom is 0.231 e. The topological polar surface area (TPSA) is 81.6 Å². The molecule has 0 spiro atoms. The van der Waals surface area contributed by atoms with Crippen LogP contribution < -0.4 is 5.32 Å². The van der Waals surface area contributed by atoms with Crippen LogP contribution in [0.3, 0.4) is 0 Å². The number of carbonyl (C=O) groups is 1. The van der Waals surface area contributed by atoms with Gasteiger partial charge in [0.25, 0.3) is 0 Å². The van der Waals surface area contributed by atoms with E-state index in [4.69, 9.17) is 0 Å². The van der Waals surface area contributed by atoms with Gasteiger partial charge in [-0.1, -0.05) is 37.1 Å². The molecule has 2 aromatic rings. The van der Waals surface area contributed by atoms with Gasteiger partial charge in [0.15, 0.2) is 5.16 Å². The number of nitriles is 1. The van der Waals surface area contributed by atoms with Crippen LogP contribution in [0.4, 0.5) is 0 Å². The highest BCUT2D eigenvalue weighted by molar-refractivity contribution is 7.99. The van der Waals surface area contributed by atoms with Crippen molar-refractivity contribution in [1.29, 1.82) is 5.26 Å². The van der Waals surface area contributed by atoms with Crippen molar-refractivity contribution in [2.45, 2.75) is 49.7 Å². The van der Waals surface area contributed by atoms with E-state index in [0.29, 0.717) is 0 Å². The second-order valence-corrected chi connectivity index (χ2v) is 7.12. The second kappa shape index (κ2) is 6.63. The zero-order valence-corrected chi connectivity index (χ0v) is 14.0. The number of nitrogens with one attached hydrogen (secondary N) is 2. The van der Waals surface area contributed by atoms with E-state index in [1.54, 1.807) is 0 Å². The lowest BCUT2D eigenvalue weighted by molar-refractivity contribution is -0.120. The number of amides is 1. The third kappa shape index (κ3) is 3.67. The largest absolute Gasteiger partial charge is 0.337 e. The number of hydrogen-bond acceptors (Lipinski definition) is 4. The van der Waals surface area contributed by atoms with Gasteiger partial charge < -0.3 is 10.3 Å². The van der Waals surface area contributed by atoms with Gasteiger partial charge in [0.2, 0.25) is 5.91 Å². The summed E-state index contributed by atoms with van der Waals surface area (Å²) in [5, 5.41) is 13.1. The summed E-state index contributed by atoms with van der Waals surface area (Å²) in [5.74, 6) is 0.164. The Morgan fingerprint density at radius 2 is 2.22 bits per heavy atom. The number of hydrogen-bond donors (Lipinski definition) is 2. The van der Waals surface area contributed by atoms with Gasteiger partial charge in [0, 0.05) is 0 Å². The Labute approximate surface area is 139 Å². The summed E-state index contributed by atoms with van der Waals surface area (Å²) < 4.78 is 0. The van der Waals surface area contributed by atoms with E-state index >= 15 is 0 Å². The summed E-state index contributed by atoms with van der Waals surface area (Å²) in [6, 6.07) is 8.34. The lowest BCUT2D eigenvalue weighted by atomic mass is 9.83. The fraction of sp³-hybridized carbons (Fsp3) is 0.471. The molecule has 0 bridgehead atoms. The van der Waals surface area contributed by atoms with E-state index in [9.17, 15) is 10.1 Å². The van der Waals surface area contributed by atoms with Crippen LogP contribution in [-0.2, 0) is 4.79 Å². The molecule has 0 saturated heterocycles. The fourth-order valence-electron chi connectivity index (χ4n) is 3.03. The zero-order chi connectivity index (χ0) is 16.3. The smallest absolute Gasteiger partial charge is 0.231 e. The first kappa shape index (κ1) is 15.9. The molecule has 1 amide bonds. The highest BCUT2D eigenvalue weighted by Crippen LogP contribution is 2.28. The average molecular weight is 328 g/mol. The standard InChI is InChI=1S/C17H20N4OS/c1-12-5-6-13-14(9-12)20-16(19-13)23-10-15(22)21-17(11-18)7-3-2-4-8-17/h5-6,9H,2-4,7-8,10H2,1H3,(H,19,20)(H,21,22). The SMILES string of the molecule is Cc1ccc2nc(SCC(=O)NC3(C#N)CCCCC3)[nH]c2c1. The minimum Gasteiger partial charge on any atom is -0.337 e. The van der Waals surface area contributed by atoms with Crippen molar-refractivity contribution in [3.63, 3.8) is 0 Å². The molecule has 0 aliphatic heterocycles. The predicted octanol–water partition coefficient (Wildman–Crippen LogP) is 3.31. The molecule has 1 heterocycles. The van der Waals surface area contributed by atoms with Gasteiger partial charge in [-0.2, -0.15) is 5.26 Å². The third-order valence-corrected chi connectivity index (χ3v) is 5.13. The molecule has 120 valence electrons. The molecular weight excluding hydrogens is 308 g/mol. The maximum atomic E-state index is 12.2. The van der Waals surface area contributed by atoms with Gasteiger partial charge in [0.1, 0.15) is 5.54 Å². The van der Waals surface area contributed by atoms with Gasteiger partial charge in [-0.05, 0) is 37.5 Å². The average Bonchev–Trinajstić information content (AvgIpc) is 2.96. The van der Waals surface area contributed by atoms with Crippen molar-refractivity contribution in [3.8, 4) is 6.07 Å². The molecule has 1 aliphatic carbocycles. The van der Waals surface area contributed by atoms with Crippen molar-refractivity contribution < 1.29 is 4.79 Å². The molecule has 1 saturated carbocycles. The quantitative estimate of drug-likeness (QED) is 0.844. The normalized spacial score (nSPS) is 16.9. The number of imidazole rings is 1. The van der Waals surface area contributed by atoms with E-state index in [1.807, 2.05) is 25.1 Å². The van der Waals surface area contributed by atoms with Crippen LogP contribution in [0.15, 0.2) is 23.4 Å². The monoisotopic (exact) mass is 328 g/mol. The first-order chi connectivity index (χ1) is 11.1. The van der Waals surface area contributed by atoms with Gasteiger partial charge in [-0.15, -0.1) is 0 Å². The molecule has 1 aromatic heterocycles. The number of aromatic amines is 1. The molecule has 1 fully saturated rings. The van der Waals surface area contributed by atoms with Crippen molar-refractivity contribution in [1.82, 2.24) is 15.3 Å². The van der Waals surface area contributed by atoms with Crippen molar-refractivity contribution in [3.05, 3.63) is 23.8 Å². The zero-order valence-electron chi connectivity index (χ0n) is 13.2. The Hall–Kier alpha value is -2.00. The lowest BCUT2D eigenvalue weighted by Gasteiger charge is -2.31. The van der Waals surface area contributed by atoms with Crippen LogP contribution in [0.2, 0.25) is 0 Å². The highest BCUT2D eigenvalue weighted by Gasteiger charge is 2.33. The van der Waals surface area contributed by atoms with E-state index in [-0.39, 0.29) is 11.7 Å². The van der Waals surface area contributed by atoms with E-state index in [0.717, 1.165) is 48.3 Å². The number of thioether (sulfide) groups is 1. The van der Waals surface area contributed by atoms with Crippen LogP contribution in [0.5, 0.6) is 0 Å². The molecule has 23 heavy (non-hydrogen) atoms. The van der Waals surface area contributed by atoms with Crippen LogP contribution in [-0.4, -0.2) is 27.2 Å². The number of aromatic nitrogens is 2. The molecule has 6 heteroatoms. The minimum absolute atomic E-state index is 0.102. The summed E-state index contributed by atoms with van der Waals surface area (Å²) in [6.07, 6.45) is 4.66. The summed E-state index contributed by atoms with van der Waals surface area (Å²) in [5.41, 5.74) is 2.39. The number of carbonyl (C=O) groups excluding carboxylic acids is 1. The number of H-pyrrole nitrogens is 1. The van der Waals surface area contributed by atoms with Crippen LogP contribution in [0, 0.1) is 18.3 Å². The summed E-state index contributed by atoms with van der Waals surface area (Å²) in [7, 11) is 0. The minimum atomic E-state index is -0.666. The highest BCUT2D eigenvalue weighted by atomic mass is 32.2. The van der Waals surface area contributed by atoms with Gasteiger partial charge >= 0.3 is 0 Å². The van der Waals surface area contributed by atoms with Crippen molar-refractivity contribution in [2.24, 2.45) is 0 Å². The maximum absolute atomic E-state index is 12.2. The summed E-state index contributed by atoms with van der Waals surface area (Å²) in [4.78, 5) is 19.9. The number of aryl methyl sites for hydroxylation is 1. The van der Waals surface area contributed by atoms with Gasteiger partial charge in [-0.3, -0.25) is 4.79 Å². The Bertz CT molecular complexity index is 756. The van der Waals surface area contributed by atoms with Crippen LogP contribution in [0.1, 0.15) is 37.7 Å². The summed E-state index contributed by atoms with van der Waals surface area (Å²) in [6.45, 7) is 2.03. The van der Waals surface area contributed by atoms with Crippen LogP contribution >= 0.6 is 11.8 Å². The molecule has 0 unspecified atom stereocenters. The van der Waals surface area contributed by atoms with Crippen molar-refractivity contribution in [2.75, 3.05) is 5.75 Å². The summed E-state index contributed by atoms with van der Waals surface area (Å²) >= 11 is 1.37. The first-order valence-electron chi connectivity index (χ1n) is 7.92. The molecule has 0 radical (unpaired) electrons. The lowest BCUT2D eigenvalue weighted by Crippen LogP contribution is -2.49. The van der Waals surface area contributed by atoms with E-state index in [1.165, 1.54) is 17.3 Å². The molecule has 1 aliphatic rings. The second-order valence-electron chi connectivity index (χ2n) is 6.15. The Kier molecular flexibility index (Phi) is 4.58. The number of fused-ring (bicyclic) bond motifs is 1. The Morgan fingerprint density at radius 3 is 2.96 bits per heavy atom. The van der Waals surface area contributed by atoms with E-state index in [2.05, 4.69) is 21.4 Å². The fourth-order valence-corrected chi connectivity index (χ4v) is 3.71. The Balaban J connectivity index is 1.60. The molecule has 3 rings (SSSR count). The van der Waals surface area contributed by atoms with Crippen LogP contribution in [0.25, 0.3) is 11.0 Å². The molecule has 5 nitrogen and oxygen atoms in total. The number of rotatable bonds is 4. The predicted molar refractivity (Wildman–Crippen MR) is 91.1 cm³/mol. The van der Waals surface area contributed by atoms with Gasteiger partial charge in [-0.25, -0.2) is 4.98 Å².